The Hall–Kier alpha value is -2.04. The van der Waals surface area contributed by atoms with Gasteiger partial charge in [-0.15, -0.1) is 0 Å². The van der Waals surface area contributed by atoms with Crippen LogP contribution in [0.5, 0.6) is 5.75 Å². The predicted molar refractivity (Wildman–Crippen MR) is 86.8 cm³/mol. The van der Waals surface area contributed by atoms with Crippen molar-refractivity contribution in [2.45, 2.75) is 44.7 Å². The number of carbonyl (C=O) groups excluding carboxylic acids is 2. The molecule has 3 rings (SSSR count). The first kappa shape index (κ1) is 15.8. The Morgan fingerprint density at radius 2 is 1.83 bits per heavy atom. The summed E-state index contributed by atoms with van der Waals surface area (Å²) in [6, 6.07) is 7.93. The largest absolute Gasteiger partial charge is 0.496 e. The van der Waals surface area contributed by atoms with Gasteiger partial charge < -0.3 is 15.4 Å². The van der Waals surface area contributed by atoms with Crippen molar-refractivity contribution >= 4 is 11.8 Å². The van der Waals surface area contributed by atoms with Crippen molar-refractivity contribution < 1.29 is 14.3 Å². The van der Waals surface area contributed by atoms with Crippen LogP contribution in [-0.4, -0.2) is 25.0 Å². The molecule has 5 nitrogen and oxygen atoms in total. The summed E-state index contributed by atoms with van der Waals surface area (Å²) in [5.41, 5.74) is 0.941. The number of amides is 2. The van der Waals surface area contributed by atoms with Gasteiger partial charge in [-0.2, -0.15) is 0 Å². The molecule has 2 unspecified atom stereocenters. The predicted octanol–water partition coefficient (Wildman–Crippen LogP) is 2.01. The molecule has 1 aromatic carbocycles. The highest BCUT2D eigenvalue weighted by Crippen LogP contribution is 2.39. The van der Waals surface area contributed by atoms with Gasteiger partial charge in [0.2, 0.25) is 11.8 Å². The third kappa shape index (κ3) is 3.84. The molecule has 2 amide bonds. The Morgan fingerprint density at radius 3 is 2.57 bits per heavy atom. The molecular formula is C18H24N2O3. The highest BCUT2D eigenvalue weighted by atomic mass is 16.5. The van der Waals surface area contributed by atoms with Crippen LogP contribution in [-0.2, 0) is 16.1 Å². The summed E-state index contributed by atoms with van der Waals surface area (Å²) in [6.07, 6.45) is 5.19. The quantitative estimate of drug-likeness (QED) is 0.843. The first-order valence-electron chi connectivity index (χ1n) is 8.39. The molecule has 2 aliphatic rings. The lowest BCUT2D eigenvalue weighted by Gasteiger charge is -2.12. The molecule has 0 bridgehead atoms. The van der Waals surface area contributed by atoms with Gasteiger partial charge in [0.25, 0.3) is 0 Å². The van der Waals surface area contributed by atoms with Gasteiger partial charge in [-0.1, -0.05) is 31.0 Å². The van der Waals surface area contributed by atoms with Crippen LogP contribution < -0.4 is 15.4 Å². The van der Waals surface area contributed by atoms with E-state index in [2.05, 4.69) is 10.6 Å². The van der Waals surface area contributed by atoms with Crippen LogP contribution in [0, 0.1) is 11.8 Å². The Kier molecular flexibility index (Phi) is 4.84. The van der Waals surface area contributed by atoms with Crippen LogP contribution in [0.4, 0.5) is 0 Å². The second-order valence-electron chi connectivity index (χ2n) is 6.47. The molecule has 0 aromatic heterocycles. The standard InChI is InChI=1S/C18H24N2O3/c1-23-16-9-5-2-6-12(16)11-19-17(21)14-10-15(14)18(22)20-13-7-3-4-8-13/h2,5-6,9,13-15H,3-4,7-8,10-11H2,1H3,(H,19,21)(H,20,22). The lowest BCUT2D eigenvalue weighted by Crippen LogP contribution is -2.35. The molecule has 2 N–H and O–H groups in total. The monoisotopic (exact) mass is 316 g/mol. The fourth-order valence-corrected chi connectivity index (χ4v) is 3.32. The van der Waals surface area contributed by atoms with Gasteiger partial charge in [0, 0.05) is 18.2 Å². The van der Waals surface area contributed by atoms with Gasteiger partial charge in [-0.25, -0.2) is 0 Å². The molecule has 5 heteroatoms. The summed E-state index contributed by atoms with van der Waals surface area (Å²) in [7, 11) is 1.62. The van der Waals surface area contributed by atoms with Gasteiger partial charge in [0.05, 0.1) is 18.9 Å². The average molecular weight is 316 g/mol. The summed E-state index contributed by atoms with van der Waals surface area (Å²) >= 11 is 0. The van der Waals surface area contributed by atoms with Gasteiger partial charge in [0.1, 0.15) is 5.75 Å². The van der Waals surface area contributed by atoms with Gasteiger partial charge >= 0.3 is 0 Å². The molecule has 2 atom stereocenters. The third-order valence-electron chi connectivity index (χ3n) is 4.81. The fourth-order valence-electron chi connectivity index (χ4n) is 3.32. The molecule has 2 fully saturated rings. The van der Waals surface area contributed by atoms with Gasteiger partial charge in [-0.05, 0) is 25.3 Å². The average Bonchev–Trinajstić information content (AvgIpc) is 3.23. The van der Waals surface area contributed by atoms with E-state index in [-0.39, 0.29) is 23.7 Å². The van der Waals surface area contributed by atoms with Crippen molar-refractivity contribution in [3.63, 3.8) is 0 Å². The molecule has 2 saturated carbocycles. The van der Waals surface area contributed by atoms with Crippen molar-refractivity contribution in [1.29, 1.82) is 0 Å². The fraction of sp³-hybridized carbons (Fsp3) is 0.556. The van der Waals surface area contributed by atoms with E-state index >= 15 is 0 Å². The van der Waals surface area contributed by atoms with Gasteiger partial charge in [-0.3, -0.25) is 9.59 Å². The smallest absolute Gasteiger partial charge is 0.224 e. The summed E-state index contributed by atoms with van der Waals surface area (Å²) in [5.74, 6) is 0.454. The van der Waals surface area contributed by atoms with E-state index in [1.165, 1.54) is 12.8 Å². The molecule has 124 valence electrons. The highest BCUT2D eigenvalue weighted by Gasteiger charge is 2.48. The summed E-state index contributed by atoms with van der Waals surface area (Å²) in [4.78, 5) is 24.3. The minimum Gasteiger partial charge on any atom is -0.496 e. The molecule has 23 heavy (non-hydrogen) atoms. The number of carbonyl (C=O) groups is 2. The maximum absolute atomic E-state index is 12.2. The minimum absolute atomic E-state index is 0.0394. The van der Waals surface area contributed by atoms with E-state index in [4.69, 9.17) is 4.74 Å². The van der Waals surface area contributed by atoms with Crippen LogP contribution in [0.15, 0.2) is 24.3 Å². The number of benzene rings is 1. The number of nitrogens with one attached hydrogen (secondary N) is 2. The topological polar surface area (TPSA) is 67.4 Å². The van der Waals surface area contributed by atoms with E-state index in [0.717, 1.165) is 24.2 Å². The van der Waals surface area contributed by atoms with Crippen molar-refractivity contribution in [2.24, 2.45) is 11.8 Å². The molecule has 0 aliphatic heterocycles. The van der Waals surface area contributed by atoms with Crippen molar-refractivity contribution in [3.8, 4) is 5.75 Å². The molecule has 1 aromatic rings. The van der Waals surface area contributed by atoms with Gasteiger partial charge in [0.15, 0.2) is 0 Å². The zero-order valence-electron chi connectivity index (χ0n) is 13.5. The zero-order chi connectivity index (χ0) is 16.2. The maximum atomic E-state index is 12.2. The van der Waals surface area contributed by atoms with E-state index in [1.54, 1.807) is 7.11 Å². The number of hydrogen-bond acceptors (Lipinski definition) is 3. The first-order valence-corrected chi connectivity index (χ1v) is 8.39. The number of ether oxygens (including phenoxy) is 1. The van der Waals surface area contributed by atoms with Crippen LogP contribution >= 0.6 is 0 Å². The van der Waals surface area contributed by atoms with E-state index in [1.807, 2.05) is 24.3 Å². The third-order valence-corrected chi connectivity index (χ3v) is 4.81. The van der Waals surface area contributed by atoms with Crippen LogP contribution in [0.1, 0.15) is 37.7 Å². The van der Waals surface area contributed by atoms with E-state index in [0.29, 0.717) is 19.0 Å². The van der Waals surface area contributed by atoms with Crippen LogP contribution in [0.2, 0.25) is 0 Å². The van der Waals surface area contributed by atoms with Crippen molar-refractivity contribution in [3.05, 3.63) is 29.8 Å². The lowest BCUT2D eigenvalue weighted by atomic mass is 10.2. The molecule has 0 spiro atoms. The second-order valence-corrected chi connectivity index (χ2v) is 6.47. The van der Waals surface area contributed by atoms with Crippen LogP contribution in [0.25, 0.3) is 0 Å². The minimum atomic E-state index is -0.175. The molecule has 0 radical (unpaired) electrons. The molecular weight excluding hydrogens is 292 g/mol. The molecule has 0 saturated heterocycles. The Balaban J connectivity index is 1.45. The van der Waals surface area contributed by atoms with Crippen molar-refractivity contribution in [1.82, 2.24) is 10.6 Å². The van der Waals surface area contributed by atoms with Crippen LogP contribution in [0.3, 0.4) is 0 Å². The molecule has 2 aliphatic carbocycles. The summed E-state index contributed by atoms with van der Waals surface area (Å²) < 4.78 is 5.27. The SMILES string of the molecule is COc1ccccc1CNC(=O)C1CC1C(=O)NC1CCCC1. The Morgan fingerprint density at radius 1 is 1.13 bits per heavy atom. The summed E-state index contributed by atoms with van der Waals surface area (Å²) in [6.45, 7) is 0.427. The van der Waals surface area contributed by atoms with Crippen molar-refractivity contribution in [2.75, 3.05) is 7.11 Å². The lowest BCUT2D eigenvalue weighted by molar-refractivity contribution is -0.127. The maximum Gasteiger partial charge on any atom is 0.224 e. The normalized spacial score (nSPS) is 23.3. The van der Waals surface area contributed by atoms with E-state index < -0.39 is 0 Å². The Labute approximate surface area is 136 Å². The number of para-hydroxylation sites is 1. The number of hydrogen-bond donors (Lipinski definition) is 2. The first-order chi connectivity index (χ1) is 11.2. The highest BCUT2D eigenvalue weighted by molar-refractivity contribution is 5.92. The molecule has 0 heterocycles. The number of methoxy groups -OCH3 is 1. The second kappa shape index (κ2) is 7.02. The Bertz CT molecular complexity index is 581. The summed E-state index contributed by atoms with van der Waals surface area (Å²) in [5, 5.41) is 5.99. The number of rotatable bonds is 6. The van der Waals surface area contributed by atoms with E-state index in [9.17, 15) is 9.59 Å². The zero-order valence-corrected chi connectivity index (χ0v) is 13.5.